The summed E-state index contributed by atoms with van der Waals surface area (Å²) >= 11 is 0. The molecule has 0 spiro atoms. The summed E-state index contributed by atoms with van der Waals surface area (Å²) in [4.78, 5) is 11.7. The van der Waals surface area contributed by atoms with Crippen LogP contribution in [-0.2, 0) is 6.42 Å². The molecule has 0 unspecified atom stereocenters. The highest BCUT2D eigenvalue weighted by Gasteiger charge is 2.27. The van der Waals surface area contributed by atoms with Gasteiger partial charge in [-0.2, -0.15) is 5.10 Å². The minimum atomic E-state index is -0.390. The van der Waals surface area contributed by atoms with E-state index in [1.807, 2.05) is 16.8 Å². The fraction of sp³-hybridized carbons (Fsp3) is 0.375. The lowest BCUT2D eigenvalue weighted by Gasteiger charge is -2.20. The number of primary amides is 1. The van der Waals surface area contributed by atoms with E-state index in [0.29, 0.717) is 11.5 Å². The zero-order valence-electron chi connectivity index (χ0n) is 11.8. The summed E-state index contributed by atoms with van der Waals surface area (Å²) in [5.41, 5.74) is 10.4. The third-order valence-electron chi connectivity index (χ3n) is 4.53. The summed E-state index contributed by atoms with van der Waals surface area (Å²) in [5.74, 6) is 0.132. The third kappa shape index (κ3) is 1.96. The molecule has 108 valence electrons. The van der Waals surface area contributed by atoms with Gasteiger partial charge in [0, 0.05) is 18.0 Å². The Morgan fingerprint density at radius 3 is 2.90 bits per heavy atom. The number of piperidine rings is 1. The maximum Gasteiger partial charge on any atom is 0.250 e. The number of hydrogen-bond acceptors (Lipinski definition) is 3. The van der Waals surface area contributed by atoms with Crippen LogP contribution in [0.15, 0.2) is 24.3 Å². The summed E-state index contributed by atoms with van der Waals surface area (Å²) < 4.78 is 1.92. The maximum atomic E-state index is 11.7. The summed E-state index contributed by atoms with van der Waals surface area (Å²) in [6.45, 7) is 2.10. The van der Waals surface area contributed by atoms with Crippen LogP contribution in [0.5, 0.6) is 0 Å². The van der Waals surface area contributed by atoms with Gasteiger partial charge < -0.3 is 11.1 Å². The Morgan fingerprint density at radius 2 is 2.14 bits per heavy atom. The Hall–Kier alpha value is -2.14. The molecule has 0 bridgehead atoms. The molecule has 5 heteroatoms. The number of aromatic nitrogens is 2. The zero-order valence-corrected chi connectivity index (χ0v) is 11.8. The molecule has 0 aliphatic carbocycles. The molecule has 3 heterocycles. The highest BCUT2D eigenvalue weighted by atomic mass is 16.1. The molecule has 5 nitrogen and oxygen atoms in total. The van der Waals surface area contributed by atoms with E-state index < -0.39 is 5.91 Å². The topological polar surface area (TPSA) is 72.9 Å². The lowest BCUT2D eigenvalue weighted by atomic mass is 9.94. The van der Waals surface area contributed by atoms with Gasteiger partial charge in [-0.3, -0.25) is 4.79 Å². The van der Waals surface area contributed by atoms with Gasteiger partial charge in [-0.1, -0.05) is 12.1 Å². The number of carbonyl (C=O) groups excluding carboxylic acids is 1. The number of nitrogens with one attached hydrogen (secondary N) is 1. The smallest absolute Gasteiger partial charge is 0.250 e. The molecule has 0 radical (unpaired) electrons. The Balaban J connectivity index is 1.77. The number of nitrogens with zero attached hydrogens (tertiary/aromatic N) is 2. The van der Waals surface area contributed by atoms with Gasteiger partial charge in [-0.05, 0) is 43.6 Å². The van der Waals surface area contributed by atoms with Crippen LogP contribution in [0, 0.1) is 0 Å². The van der Waals surface area contributed by atoms with Crippen molar-refractivity contribution in [2.24, 2.45) is 5.73 Å². The van der Waals surface area contributed by atoms with E-state index in [2.05, 4.69) is 11.4 Å². The first-order valence-corrected chi connectivity index (χ1v) is 7.45. The van der Waals surface area contributed by atoms with Crippen molar-refractivity contribution in [1.82, 2.24) is 15.1 Å². The van der Waals surface area contributed by atoms with E-state index in [1.165, 1.54) is 0 Å². The van der Waals surface area contributed by atoms with Gasteiger partial charge in [0.15, 0.2) is 0 Å². The number of carbonyl (C=O) groups is 1. The lowest BCUT2D eigenvalue weighted by molar-refractivity contribution is 0.1000. The highest BCUT2D eigenvalue weighted by Crippen LogP contribution is 2.33. The number of fused-ring (bicyclic) bond motifs is 3. The van der Waals surface area contributed by atoms with Crippen molar-refractivity contribution in [2.75, 3.05) is 13.1 Å². The fourth-order valence-corrected chi connectivity index (χ4v) is 3.46. The maximum absolute atomic E-state index is 11.7. The molecule has 2 aliphatic heterocycles. The summed E-state index contributed by atoms with van der Waals surface area (Å²) in [5, 5.41) is 8.16. The van der Waals surface area contributed by atoms with Crippen LogP contribution in [0.1, 0.15) is 46.1 Å². The first-order chi connectivity index (χ1) is 10.2. The SMILES string of the molecule is NC(=O)c1cccc2c1-n1nc(C3CCNCC3)cc1C2. The van der Waals surface area contributed by atoms with Crippen LogP contribution in [0.4, 0.5) is 0 Å². The van der Waals surface area contributed by atoms with E-state index in [1.54, 1.807) is 6.07 Å². The van der Waals surface area contributed by atoms with Gasteiger partial charge in [0.05, 0.1) is 16.9 Å². The Kier molecular flexibility index (Phi) is 2.82. The van der Waals surface area contributed by atoms with Crippen molar-refractivity contribution in [2.45, 2.75) is 25.2 Å². The molecule has 2 aliphatic rings. The fourth-order valence-electron chi connectivity index (χ4n) is 3.46. The molecule has 1 saturated heterocycles. The van der Waals surface area contributed by atoms with Crippen LogP contribution in [0.25, 0.3) is 5.69 Å². The molecule has 0 saturated carbocycles. The summed E-state index contributed by atoms with van der Waals surface area (Å²) in [6.07, 6.45) is 3.08. The minimum Gasteiger partial charge on any atom is -0.366 e. The van der Waals surface area contributed by atoms with Crippen molar-refractivity contribution in [3.63, 3.8) is 0 Å². The average Bonchev–Trinajstić information content (AvgIpc) is 3.05. The predicted molar refractivity (Wildman–Crippen MR) is 79.7 cm³/mol. The molecule has 21 heavy (non-hydrogen) atoms. The Bertz CT molecular complexity index is 713. The Labute approximate surface area is 123 Å². The lowest BCUT2D eigenvalue weighted by Crippen LogP contribution is -2.26. The summed E-state index contributed by atoms with van der Waals surface area (Å²) in [6, 6.07) is 7.91. The quantitative estimate of drug-likeness (QED) is 0.745. The molecule has 1 fully saturated rings. The number of benzene rings is 1. The third-order valence-corrected chi connectivity index (χ3v) is 4.53. The van der Waals surface area contributed by atoms with Gasteiger partial charge >= 0.3 is 0 Å². The molecule has 1 aromatic heterocycles. The van der Waals surface area contributed by atoms with Gasteiger partial charge in [-0.25, -0.2) is 4.68 Å². The van der Waals surface area contributed by atoms with E-state index in [4.69, 9.17) is 10.8 Å². The molecular formula is C16H18N4O. The van der Waals surface area contributed by atoms with E-state index in [0.717, 1.165) is 55.0 Å². The summed E-state index contributed by atoms with van der Waals surface area (Å²) in [7, 11) is 0. The van der Waals surface area contributed by atoms with Crippen molar-refractivity contribution in [3.05, 3.63) is 46.8 Å². The second kappa shape index (κ2) is 4.70. The highest BCUT2D eigenvalue weighted by molar-refractivity contribution is 5.97. The first kappa shape index (κ1) is 12.6. The molecular weight excluding hydrogens is 264 g/mol. The predicted octanol–water partition coefficient (Wildman–Crippen LogP) is 1.34. The van der Waals surface area contributed by atoms with Crippen LogP contribution in [-0.4, -0.2) is 28.8 Å². The first-order valence-electron chi connectivity index (χ1n) is 7.45. The zero-order chi connectivity index (χ0) is 14.4. The second-order valence-electron chi connectivity index (χ2n) is 5.85. The number of rotatable bonds is 2. The van der Waals surface area contributed by atoms with Crippen molar-refractivity contribution in [1.29, 1.82) is 0 Å². The molecule has 2 aromatic rings. The number of hydrogen-bond donors (Lipinski definition) is 2. The second-order valence-corrected chi connectivity index (χ2v) is 5.85. The van der Waals surface area contributed by atoms with Crippen molar-refractivity contribution in [3.8, 4) is 5.69 Å². The largest absolute Gasteiger partial charge is 0.366 e. The van der Waals surface area contributed by atoms with Gasteiger partial charge in [0.1, 0.15) is 0 Å². The van der Waals surface area contributed by atoms with Gasteiger partial charge in [0.25, 0.3) is 5.91 Å². The van der Waals surface area contributed by atoms with Crippen LogP contribution in [0.2, 0.25) is 0 Å². The molecule has 0 atom stereocenters. The van der Waals surface area contributed by atoms with Crippen LogP contribution < -0.4 is 11.1 Å². The van der Waals surface area contributed by atoms with Crippen LogP contribution >= 0.6 is 0 Å². The van der Waals surface area contributed by atoms with Gasteiger partial charge in [0.2, 0.25) is 0 Å². The molecule has 1 aromatic carbocycles. The van der Waals surface area contributed by atoms with Crippen molar-refractivity contribution >= 4 is 5.91 Å². The number of amides is 1. The van der Waals surface area contributed by atoms with E-state index in [9.17, 15) is 4.79 Å². The molecule has 4 rings (SSSR count). The van der Waals surface area contributed by atoms with E-state index >= 15 is 0 Å². The average molecular weight is 282 g/mol. The monoisotopic (exact) mass is 282 g/mol. The molecule has 1 amide bonds. The number of para-hydroxylation sites is 1. The standard InChI is InChI=1S/C16H18N4O/c17-16(21)13-3-1-2-11-8-12-9-14(19-20(12)15(11)13)10-4-6-18-7-5-10/h1-3,9-10,18H,4-8H2,(H2,17,21). The van der Waals surface area contributed by atoms with Crippen LogP contribution in [0.3, 0.4) is 0 Å². The number of nitrogens with two attached hydrogens (primary N) is 1. The van der Waals surface area contributed by atoms with Gasteiger partial charge in [-0.15, -0.1) is 0 Å². The minimum absolute atomic E-state index is 0.390. The molecule has 3 N–H and O–H groups in total. The Morgan fingerprint density at radius 1 is 1.33 bits per heavy atom. The normalized spacial score (nSPS) is 17.5. The van der Waals surface area contributed by atoms with E-state index in [-0.39, 0.29) is 0 Å². The van der Waals surface area contributed by atoms with Crippen molar-refractivity contribution < 1.29 is 4.79 Å².